The van der Waals surface area contributed by atoms with Gasteiger partial charge in [0.2, 0.25) is 18.6 Å². The molecule has 0 aromatic heterocycles. The van der Waals surface area contributed by atoms with Gasteiger partial charge in [0.15, 0.2) is 11.5 Å². The lowest BCUT2D eigenvalue weighted by Gasteiger charge is -2.35. The summed E-state index contributed by atoms with van der Waals surface area (Å²) in [5, 5.41) is 0. The van der Waals surface area contributed by atoms with E-state index in [9.17, 15) is 14.4 Å². The summed E-state index contributed by atoms with van der Waals surface area (Å²) in [5.41, 5.74) is 1.11. The van der Waals surface area contributed by atoms with Crippen LogP contribution >= 0.6 is 0 Å². The number of hydrogen-bond donors (Lipinski definition) is 0. The van der Waals surface area contributed by atoms with E-state index in [-0.39, 0.29) is 49.3 Å². The van der Waals surface area contributed by atoms with Crippen LogP contribution in [0.3, 0.4) is 0 Å². The second kappa shape index (κ2) is 8.31. The summed E-state index contributed by atoms with van der Waals surface area (Å²) in [6.07, 6.45) is 1.10. The second-order valence-electron chi connectivity index (χ2n) is 7.57. The molecule has 8 nitrogen and oxygen atoms in total. The quantitative estimate of drug-likeness (QED) is 0.671. The summed E-state index contributed by atoms with van der Waals surface area (Å²) in [6, 6.07) is 5.88. The topological polar surface area (TPSA) is 85.4 Å². The Labute approximate surface area is 169 Å². The van der Waals surface area contributed by atoms with Crippen LogP contribution in [-0.2, 0) is 19.1 Å². The van der Waals surface area contributed by atoms with Crippen molar-refractivity contribution in [3.05, 3.63) is 23.8 Å². The van der Waals surface area contributed by atoms with E-state index < -0.39 is 0 Å². The minimum absolute atomic E-state index is 0.00133. The van der Waals surface area contributed by atoms with Crippen LogP contribution < -0.4 is 9.47 Å². The SMILES string of the molecule is CCOC(=O)CCC(=O)N1CCN(C(=O)[C@@H]2C[C@@H]2c2ccc3c(c2)OCO3)CC1. The Morgan fingerprint density at radius 3 is 2.52 bits per heavy atom. The molecule has 4 rings (SSSR count). The van der Waals surface area contributed by atoms with E-state index >= 15 is 0 Å². The fraction of sp³-hybridized carbons (Fsp3) is 0.571. The van der Waals surface area contributed by atoms with Crippen molar-refractivity contribution < 1.29 is 28.6 Å². The molecule has 3 aliphatic rings. The normalized spacial score (nSPS) is 22.4. The van der Waals surface area contributed by atoms with Crippen molar-refractivity contribution in [3.63, 3.8) is 0 Å². The number of amides is 2. The molecule has 2 fully saturated rings. The van der Waals surface area contributed by atoms with Crippen LogP contribution in [0.25, 0.3) is 0 Å². The highest BCUT2D eigenvalue weighted by molar-refractivity contribution is 5.84. The molecule has 1 saturated carbocycles. The first-order chi connectivity index (χ1) is 14.1. The van der Waals surface area contributed by atoms with Crippen LogP contribution in [0.5, 0.6) is 11.5 Å². The average Bonchev–Trinajstić information content (AvgIpc) is 3.40. The van der Waals surface area contributed by atoms with E-state index in [0.717, 1.165) is 23.5 Å². The van der Waals surface area contributed by atoms with Crippen molar-refractivity contribution in [2.24, 2.45) is 5.92 Å². The van der Waals surface area contributed by atoms with Crippen LogP contribution in [0.4, 0.5) is 0 Å². The fourth-order valence-corrected chi connectivity index (χ4v) is 3.99. The Kier molecular flexibility index (Phi) is 5.60. The van der Waals surface area contributed by atoms with Crippen molar-refractivity contribution in [2.75, 3.05) is 39.6 Å². The molecule has 0 radical (unpaired) electrons. The predicted octanol–water partition coefficient (Wildman–Crippen LogP) is 1.53. The molecule has 1 aromatic carbocycles. The van der Waals surface area contributed by atoms with Gasteiger partial charge in [-0.1, -0.05) is 6.07 Å². The number of piperazine rings is 1. The minimum Gasteiger partial charge on any atom is -0.466 e. The molecule has 156 valence electrons. The summed E-state index contributed by atoms with van der Waals surface area (Å²) in [6.45, 7) is 4.40. The number of nitrogens with zero attached hydrogens (tertiary/aromatic N) is 2. The maximum absolute atomic E-state index is 12.8. The van der Waals surface area contributed by atoms with Gasteiger partial charge in [0, 0.05) is 38.5 Å². The molecular formula is C21H26N2O6. The Hall–Kier alpha value is -2.77. The van der Waals surface area contributed by atoms with E-state index in [1.54, 1.807) is 11.8 Å². The molecular weight excluding hydrogens is 376 g/mol. The molecule has 0 N–H and O–H groups in total. The van der Waals surface area contributed by atoms with Crippen LogP contribution in [0.15, 0.2) is 18.2 Å². The molecule has 0 unspecified atom stereocenters. The predicted molar refractivity (Wildman–Crippen MR) is 102 cm³/mol. The summed E-state index contributed by atoms with van der Waals surface area (Å²) in [5.74, 6) is 1.47. The first-order valence-corrected chi connectivity index (χ1v) is 10.2. The molecule has 2 heterocycles. The maximum atomic E-state index is 12.8. The van der Waals surface area contributed by atoms with Gasteiger partial charge in [0.25, 0.3) is 0 Å². The van der Waals surface area contributed by atoms with Gasteiger partial charge in [-0.05, 0) is 37.0 Å². The monoisotopic (exact) mass is 402 g/mol. The highest BCUT2D eigenvalue weighted by atomic mass is 16.7. The van der Waals surface area contributed by atoms with Crippen LogP contribution in [-0.4, -0.2) is 67.2 Å². The zero-order valence-electron chi connectivity index (χ0n) is 16.6. The standard InChI is InChI=1S/C21H26N2O6/c1-2-27-20(25)6-5-19(24)22-7-9-23(10-8-22)21(26)16-12-15(16)14-3-4-17-18(11-14)29-13-28-17/h3-4,11,15-16H,2,5-10,12-13H2,1H3/t15-,16-/m1/s1. The van der Waals surface area contributed by atoms with Gasteiger partial charge in [-0.25, -0.2) is 0 Å². The van der Waals surface area contributed by atoms with Gasteiger partial charge < -0.3 is 24.0 Å². The fourth-order valence-electron chi connectivity index (χ4n) is 3.99. The lowest BCUT2D eigenvalue weighted by atomic mass is 10.1. The van der Waals surface area contributed by atoms with Crippen molar-refractivity contribution >= 4 is 17.8 Å². The Bertz CT molecular complexity index is 802. The Balaban J connectivity index is 1.24. The molecule has 29 heavy (non-hydrogen) atoms. The largest absolute Gasteiger partial charge is 0.466 e. The average molecular weight is 402 g/mol. The zero-order valence-corrected chi connectivity index (χ0v) is 16.6. The summed E-state index contributed by atoms with van der Waals surface area (Å²) < 4.78 is 15.6. The molecule has 0 bridgehead atoms. The lowest BCUT2D eigenvalue weighted by Crippen LogP contribution is -2.51. The Morgan fingerprint density at radius 1 is 1.03 bits per heavy atom. The first kappa shape index (κ1) is 19.5. The smallest absolute Gasteiger partial charge is 0.306 e. The van der Waals surface area contributed by atoms with Gasteiger partial charge in [0.1, 0.15) is 0 Å². The summed E-state index contributed by atoms with van der Waals surface area (Å²) in [7, 11) is 0. The Morgan fingerprint density at radius 2 is 1.76 bits per heavy atom. The van der Waals surface area contributed by atoms with Gasteiger partial charge in [-0.15, -0.1) is 0 Å². The highest BCUT2D eigenvalue weighted by Gasteiger charge is 2.46. The highest BCUT2D eigenvalue weighted by Crippen LogP contribution is 2.50. The number of benzene rings is 1. The van der Waals surface area contributed by atoms with Crippen LogP contribution in [0.1, 0.15) is 37.7 Å². The molecule has 1 aliphatic carbocycles. The lowest BCUT2D eigenvalue weighted by molar-refractivity contribution is -0.146. The van der Waals surface area contributed by atoms with Crippen LogP contribution in [0, 0.1) is 5.92 Å². The number of rotatable bonds is 6. The van der Waals surface area contributed by atoms with Crippen molar-refractivity contribution in [1.82, 2.24) is 9.80 Å². The number of ether oxygens (including phenoxy) is 3. The van der Waals surface area contributed by atoms with Crippen molar-refractivity contribution in [3.8, 4) is 11.5 Å². The third kappa shape index (κ3) is 4.31. The minimum atomic E-state index is -0.349. The van der Waals surface area contributed by atoms with Crippen LogP contribution in [0.2, 0.25) is 0 Å². The zero-order chi connectivity index (χ0) is 20.4. The maximum Gasteiger partial charge on any atom is 0.306 e. The van der Waals surface area contributed by atoms with E-state index in [1.807, 2.05) is 23.1 Å². The van der Waals surface area contributed by atoms with Gasteiger partial charge >= 0.3 is 5.97 Å². The molecule has 2 amide bonds. The van der Waals surface area contributed by atoms with Gasteiger partial charge in [-0.2, -0.15) is 0 Å². The number of carbonyl (C=O) groups is 3. The molecule has 1 aromatic rings. The molecule has 2 atom stereocenters. The van der Waals surface area contributed by atoms with Crippen molar-refractivity contribution in [1.29, 1.82) is 0 Å². The molecule has 8 heteroatoms. The third-order valence-electron chi connectivity index (χ3n) is 5.72. The van der Waals surface area contributed by atoms with E-state index in [4.69, 9.17) is 14.2 Å². The number of carbonyl (C=O) groups excluding carboxylic acids is 3. The first-order valence-electron chi connectivity index (χ1n) is 10.2. The van der Waals surface area contributed by atoms with Gasteiger partial charge in [-0.3, -0.25) is 14.4 Å². The third-order valence-corrected chi connectivity index (χ3v) is 5.72. The summed E-state index contributed by atoms with van der Waals surface area (Å²) in [4.78, 5) is 40.1. The second-order valence-corrected chi connectivity index (χ2v) is 7.57. The number of hydrogen-bond acceptors (Lipinski definition) is 6. The molecule has 0 spiro atoms. The van der Waals surface area contributed by atoms with Crippen molar-refractivity contribution in [2.45, 2.75) is 32.1 Å². The van der Waals surface area contributed by atoms with E-state index in [0.29, 0.717) is 32.8 Å². The molecule has 2 aliphatic heterocycles. The van der Waals surface area contributed by atoms with E-state index in [1.165, 1.54) is 0 Å². The number of fused-ring (bicyclic) bond motifs is 1. The van der Waals surface area contributed by atoms with Gasteiger partial charge in [0.05, 0.1) is 13.0 Å². The number of esters is 1. The van der Waals surface area contributed by atoms with E-state index in [2.05, 4.69) is 0 Å². The summed E-state index contributed by atoms with van der Waals surface area (Å²) >= 11 is 0. The molecule has 1 saturated heterocycles.